The third-order valence-electron chi connectivity index (χ3n) is 9.81. The summed E-state index contributed by atoms with van der Waals surface area (Å²) >= 11 is 0. The average Bonchev–Trinajstić information content (AvgIpc) is 3.40. The van der Waals surface area contributed by atoms with Crippen LogP contribution in [0.3, 0.4) is 0 Å². The monoisotopic (exact) mass is 432 g/mol. The number of carbonyl (C=O) groups excluding carboxylic acids is 2. The number of aliphatic hydroxyl groups is 2. The Morgan fingerprint density at radius 1 is 1.10 bits per heavy atom. The van der Waals surface area contributed by atoms with E-state index in [9.17, 15) is 19.8 Å². The predicted molar refractivity (Wildman–Crippen MR) is 114 cm³/mol. The Morgan fingerprint density at radius 2 is 1.94 bits per heavy atom. The van der Waals surface area contributed by atoms with Crippen LogP contribution in [-0.2, 0) is 14.4 Å². The van der Waals surface area contributed by atoms with Crippen molar-refractivity contribution in [1.82, 2.24) is 5.32 Å². The quantitative estimate of drug-likeness (QED) is 0.584. The fourth-order valence-corrected chi connectivity index (χ4v) is 8.01. The highest BCUT2D eigenvalue weighted by Crippen LogP contribution is 2.65. The molecule has 1 saturated heterocycles. The van der Waals surface area contributed by atoms with Crippen molar-refractivity contribution < 1.29 is 24.6 Å². The number of nitrogens with zero attached hydrogens (tertiary/aromatic N) is 1. The Kier molecular flexibility index (Phi) is 5.50. The molecule has 8 atom stereocenters. The molecule has 4 saturated carbocycles. The number of ketones is 2. The molecule has 7 nitrogen and oxygen atoms in total. The van der Waals surface area contributed by atoms with Crippen LogP contribution in [0.15, 0.2) is 5.16 Å². The van der Waals surface area contributed by atoms with Crippen LogP contribution in [0.2, 0.25) is 0 Å². The summed E-state index contributed by atoms with van der Waals surface area (Å²) in [6.45, 7) is 3.62. The topological polar surface area (TPSA) is 108 Å². The molecule has 0 spiro atoms. The first kappa shape index (κ1) is 21.5. The molecule has 31 heavy (non-hydrogen) atoms. The van der Waals surface area contributed by atoms with Crippen molar-refractivity contribution in [1.29, 1.82) is 0 Å². The number of nitrogens with one attached hydrogen (secondary N) is 1. The highest BCUT2D eigenvalue weighted by Gasteiger charge is 2.66. The second-order valence-corrected chi connectivity index (χ2v) is 10.9. The summed E-state index contributed by atoms with van der Waals surface area (Å²) < 4.78 is 0. The van der Waals surface area contributed by atoms with E-state index in [2.05, 4.69) is 10.5 Å². The fraction of sp³-hybridized carbons (Fsp3) is 0.875. The highest BCUT2D eigenvalue weighted by molar-refractivity contribution is 5.93. The van der Waals surface area contributed by atoms with Gasteiger partial charge in [0.2, 0.25) is 0 Å². The van der Waals surface area contributed by atoms with Crippen LogP contribution >= 0.6 is 0 Å². The van der Waals surface area contributed by atoms with Gasteiger partial charge in [-0.25, -0.2) is 0 Å². The number of carbonyl (C=O) groups is 2. The van der Waals surface area contributed by atoms with Crippen molar-refractivity contribution in [3.8, 4) is 0 Å². The second-order valence-electron chi connectivity index (χ2n) is 10.9. The molecule has 1 heterocycles. The first-order valence-electron chi connectivity index (χ1n) is 12.2. The minimum atomic E-state index is -0.495. The van der Waals surface area contributed by atoms with Crippen LogP contribution in [0.25, 0.3) is 0 Å². The maximum absolute atomic E-state index is 13.7. The minimum absolute atomic E-state index is 0.0284. The molecule has 5 unspecified atom stereocenters. The van der Waals surface area contributed by atoms with Crippen LogP contribution in [-0.4, -0.2) is 59.9 Å². The molecule has 0 bridgehead atoms. The van der Waals surface area contributed by atoms with Gasteiger partial charge in [0, 0.05) is 48.7 Å². The summed E-state index contributed by atoms with van der Waals surface area (Å²) in [6.07, 6.45) is 6.10. The lowest BCUT2D eigenvalue weighted by Crippen LogP contribution is -2.63. The molecule has 172 valence electrons. The second kappa shape index (κ2) is 7.92. The van der Waals surface area contributed by atoms with Gasteiger partial charge in [0.15, 0.2) is 0 Å². The van der Waals surface area contributed by atoms with E-state index in [1.165, 1.54) is 0 Å². The summed E-state index contributed by atoms with van der Waals surface area (Å²) in [6, 6.07) is 0. The third kappa shape index (κ3) is 3.14. The van der Waals surface area contributed by atoms with Crippen LogP contribution in [0.5, 0.6) is 0 Å². The number of rotatable bonds is 4. The van der Waals surface area contributed by atoms with Crippen molar-refractivity contribution in [2.75, 3.05) is 26.3 Å². The first-order chi connectivity index (χ1) is 14.9. The molecule has 3 N–H and O–H groups in total. The molecular weight excluding hydrogens is 396 g/mol. The number of fused-ring (bicyclic) bond motifs is 5. The van der Waals surface area contributed by atoms with Crippen LogP contribution in [0, 0.1) is 40.4 Å². The number of oxime groups is 1. The Morgan fingerprint density at radius 3 is 2.65 bits per heavy atom. The van der Waals surface area contributed by atoms with Crippen molar-refractivity contribution in [2.45, 2.75) is 64.4 Å². The van der Waals surface area contributed by atoms with E-state index < -0.39 is 11.3 Å². The molecule has 5 rings (SSSR count). The lowest BCUT2D eigenvalue weighted by Gasteiger charge is -2.61. The average molecular weight is 433 g/mol. The number of hydrogen-bond acceptors (Lipinski definition) is 7. The van der Waals surface area contributed by atoms with Crippen LogP contribution in [0.4, 0.5) is 0 Å². The molecule has 4 aliphatic carbocycles. The zero-order chi connectivity index (χ0) is 21.8. The van der Waals surface area contributed by atoms with Gasteiger partial charge in [0.1, 0.15) is 17.7 Å². The van der Waals surface area contributed by atoms with E-state index in [0.29, 0.717) is 18.6 Å². The number of Topliss-reactive ketones (excluding diaryl/α,β-unsaturated/α-hetero) is 2. The maximum Gasteiger partial charge on any atom is 0.142 e. The molecular formula is C24H36N2O5. The zero-order valence-electron chi connectivity index (χ0n) is 18.5. The highest BCUT2D eigenvalue weighted by atomic mass is 16.6. The van der Waals surface area contributed by atoms with Crippen molar-refractivity contribution >= 4 is 17.3 Å². The summed E-state index contributed by atoms with van der Waals surface area (Å²) in [7, 11) is 0. The lowest BCUT2D eigenvalue weighted by molar-refractivity contribution is -0.174. The van der Waals surface area contributed by atoms with E-state index in [0.717, 1.165) is 57.3 Å². The normalized spacial score (nSPS) is 48.4. The molecule has 0 aromatic heterocycles. The Labute approximate surface area is 184 Å². The van der Waals surface area contributed by atoms with Gasteiger partial charge in [-0.05, 0) is 62.8 Å². The SMILES string of the molecule is C[C@]12CCC3C(C(=O)[C@H](CO)C4C/C(=N/OC5CCNC5)CC[C@]34CO)C1CCC2=O. The largest absolute Gasteiger partial charge is 0.396 e. The molecule has 0 amide bonds. The van der Waals surface area contributed by atoms with E-state index in [1.807, 2.05) is 6.92 Å². The van der Waals surface area contributed by atoms with Crippen molar-refractivity contribution in [2.24, 2.45) is 45.6 Å². The molecule has 0 radical (unpaired) electrons. The third-order valence-corrected chi connectivity index (χ3v) is 9.81. The molecule has 1 aliphatic heterocycles. The molecule has 5 aliphatic rings. The van der Waals surface area contributed by atoms with E-state index in [-0.39, 0.29) is 54.2 Å². The van der Waals surface area contributed by atoms with Gasteiger partial charge >= 0.3 is 0 Å². The van der Waals surface area contributed by atoms with E-state index in [1.54, 1.807) is 0 Å². The lowest BCUT2D eigenvalue weighted by atomic mass is 9.42. The zero-order valence-corrected chi connectivity index (χ0v) is 18.5. The predicted octanol–water partition coefficient (Wildman–Crippen LogP) is 1.70. The number of hydrogen-bond donors (Lipinski definition) is 3. The minimum Gasteiger partial charge on any atom is -0.396 e. The molecule has 0 aromatic carbocycles. The van der Waals surface area contributed by atoms with Crippen LogP contribution < -0.4 is 5.32 Å². The van der Waals surface area contributed by atoms with Crippen LogP contribution in [0.1, 0.15) is 58.3 Å². The standard InChI is InChI=1S/C24H36N2O5/c1-23-7-5-18-21(17(23)2-3-20(23)29)22(30)16(12-27)19-10-14(4-8-24(18,19)13-28)26-31-15-6-9-25-11-15/h15-19,21,25,27-28H,2-13H2,1H3/b26-14+/t15?,16-,17?,18?,19?,21?,23+,24+/m1/s1. The summed E-state index contributed by atoms with van der Waals surface area (Å²) in [5, 5.41) is 28.7. The van der Waals surface area contributed by atoms with Gasteiger partial charge in [-0.1, -0.05) is 12.1 Å². The summed E-state index contributed by atoms with van der Waals surface area (Å²) in [5.41, 5.74) is 0.153. The maximum atomic E-state index is 13.7. The summed E-state index contributed by atoms with van der Waals surface area (Å²) in [5.74, 6) is -0.276. The van der Waals surface area contributed by atoms with Gasteiger partial charge < -0.3 is 20.4 Å². The Balaban J connectivity index is 1.45. The smallest absolute Gasteiger partial charge is 0.142 e. The van der Waals surface area contributed by atoms with Gasteiger partial charge in [-0.2, -0.15) is 0 Å². The first-order valence-corrected chi connectivity index (χ1v) is 12.2. The fourth-order valence-electron chi connectivity index (χ4n) is 8.01. The number of aliphatic hydroxyl groups excluding tert-OH is 2. The van der Waals surface area contributed by atoms with Gasteiger partial charge in [0.25, 0.3) is 0 Å². The summed E-state index contributed by atoms with van der Waals surface area (Å²) in [4.78, 5) is 32.2. The van der Waals surface area contributed by atoms with Crippen molar-refractivity contribution in [3.63, 3.8) is 0 Å². The molecule has 7 heteroatoms. The van der Waals surface area contributed by atoms with E-state index in [4.69, 9.17) is 4.84 Å². The Bertz CT molecular complexity index is 778. The van der Waals surface area contributed by atoms with Gasteiger partial charge in [-0.3, -0.25) is 9.59 Å². The molecule has 0 aromatic rings. The van der Waals surface area contributed by atoms with Crippen molar-refractivity contribution in [3.05, 3.63) is 0 Å². The van der Waals surface area contributed by atoms with E-state index >= 15 is 0 Å². The molecule has 5 fully saturated rings. The van der Waals surface area contributed by atoms with Gasteiger partial charge in [-0.15, -0.1) is 0 Å². The Hall–Kier alpha value is -1.31. The van der Waals surface area contributed by atoms with Gasteiger partial charge in [0.05, 0.1) is 12.3 Å².